The second kappa shape index (κ2) is 74.5. The number of para-hydroxylation sites is 6. The topological polar surface area (TPSA) is 403 Å². The summed E-state index contributed by atoms with van der Waals surface area (Å²) in [6.07, 6.45) is 0.751. The molecule has 0 bridgehead atoms. The first-order valence-electron chi connectivity index (χ1n) is 38.1. The molecule has 3 aliphatic heterocycles. The molecule has 0 aliphatic carbocycles. The number of nitrogens with one attached hydrogen (secondary N) is 1. The minimum absolute atomic E-state index is 0. The van der Waals surface area contributed by atoms with Gasteiger partial charge in [-0.15, -0.1) is 0 Å². The normalized spacial score (nSPS) is 14.7. The number of phenolic OH excluding ortho intramolecular Hbond substituents is 1. The van der Waals surface area contributed by atoms with Gasteiger partial charge in [-0.25, -0.2) is 0 Å². The minimum Gasteiger partial charge on any atom is -1.00 e. The van der Waals surface area contributed by atoms with Crippen molar-refractivity contribution in [1.82, 2.24) is 0 Å². The van der Waals surface area contributed by atoms with Crippen LogP contribution in [-0.2, 0) is 119 Å². The van der Waals surface area contributed by atoms with E-state index in [1.165, 1.54) is 45.6 Å². The molecule has 0 aromatic heterocycles. The molecule has 0 saturated carbocycles. The molecule has 0 unspecified atom stereocenters. The average molecular weight is 2060 g/mol. The number of fused-ring (bicyclic) bond motifs is 3. The number of rotatable bonds is 22. The second-order valence-corrected chi connectivity index (χ2v) is 34.9. The molecule has 6 aromatic rings. The number of halogens is 5. The number of aldehydes is 1. The van der Waals surface area contributed by atoms with Crippen molar-refractivity contribution in [3.63, 3.8) is 0 Å². The number of carbonyl (C=O) groups is 4. The number of phenols is 1. The van der Waals surface area contributed by atoms with Gasteiger partial charge < -0.3 is 116 Å². The predicted molar refractivity (Wildman–Crippen MR) is 467 cm³/mol. The number of nitrogens with zero attached hydrogens (tertiary/aromatic N) is 2. The molecular formula is C81H117BrCl3CsFN4O30PS2. The molecule has 6 aromatic carbocycles. The van der Waals surface area contributed by atoms with Crippen LogP contribution < -0.4 is 109 Å². The van der Waals surface area contributed by atoms with E-state index in [4.69, 9.17) is 99.7 Å². The van der Waals surface area contributed by atoms with Crippen LogP contribution in [0.25, 0.3) is 0 Å². The Labute approximate surface area is 808 Å². The van der Waals surface area contributed by atoms with Crippen LogP contribution in [0.2, 0.25) is 0 Å². The molecule has 3 aliphatic rings. The Balaban J connectivity index is 0.00000152. The van der Waals surface area contributed by atoms with Crippen LogP contribution in [0.4, 0.5) is 22.7 Å². The van der Waals surface area contributed by atoms with Crippen molar-refractivity contribution in [2.45, 2.75) is 31.1 Å². The molecule has 694 valence electrons. The Bertz CT molecular complexity index is 3930. The fourth-order valence-corrected chi connectivity index (χ4v) is 11.5. The van der Waals surface area contributed by atoms with E-state index < -0.39 is 25.4 Å². The summed E-state index contributed by atoms with van der Waals surface area (Å²) < 4.78 is 163. The predicted octanol–water partition coefficient (Wildman–Crippen LogP) is 5.02. The molecule has 0 radical (unpaired) electrons. The van der Waals surface area contributed by atoms with Crippen molar-refractivity contribution in [3.8, 4) is 23.0 Å². The zero-order valence-corrected chi connectivity index (χ0v) is 82.7. The van der Waals surface area contributed by atoms with E-state index in [1.54, 1.807) is 71.6 Å². The average Bonchev–Trinajstić information content (AvgIpc) is 0.867. The van der Waals surface area contributed by atoms with E-state index in [0.717, 1.165) is 41.1 Å². The number of benzene rings is 6. The van der Waals surface area contributed by atoms with E-state index in [1.807, 2.05) is 67.3 Å². The molecule has 9 rings (SSSR count). The van der Waals surface area contributed by atoms with Gasteiger partial charge in [0.15, 0.2) is 0 Å². The molecule has 0 fully saturated rings. The van der Waals surface area contributed by atoms with Gasteiger partial charge in [0.05, 0.1) is 226 Å². The summed E-state index contributed by atoms with van der Waals surface area (Å²) in [5.41, 5.74) is 10.6. The van der Waals surface area contributed by atoms with Gasteiger partial charge in [0.25, 0.3) is 20.2 Å². The number of alkyl halides is 1. The zero-order valence-electron chi connectivity index (χ0n) is 70.0. The molecule has 124 heavy (non-hydrogen) atoms. The minimum atomic E-state index is -3.79. The summed E-state index contributed by atoms with van der Waals surface area (Å²) in [5.74, 6) is 1.28. The standard InChI is InChI=1S/C22H30O9S2.C18H25NO7.C17H25NO6.C14H21NO4.C6H7NO.C3H5BrO2.CH4.Cl3OP.Cs.FH/c1-19-3-7-21(8-4-19)32(23,24)30-17-15-28-13-11-27-12-14-29-16-18-31-33(25,26)22-9-5-20(2)6-10-22;1-22-18(21)13-19-4-5-23-6-7-24-8-9-25-10-11-26-17-12-15(14-20)2-3-16(17)19;1-20-17(19)14-18-6-7-21-8-9-22-10-11-23-12-13-24-16-5-3-2-4-15(16)18;1-2-4-14-13(3-1)15-5-6-16-7-8-17-9-10-18-11-12-19-14;7-5-3-1-2-4-6(5)8;1-6-3(5)2-4;;1-5(2,3)4;;/h3-10H,11-18H2,1-2H3;2-3,12,14H,4-11,13H2,1H3;2-5H,6-14H2,1H3;1-4,15H,5-12H2;1-4,8H,7H2;2H2,1H3;1H4;;;1H/q;;;;;;;;+1;/p-1. The smallest absolute Gasteiger partial charge is 1.00 e. The number of aryl methyl sites for hydroxylation is 2. The molecule has 4 N–H and O–H groups in total. The fourth-order valence-electron chi connectivity index (χ4n) is 9.47. The number of aromatic hydroxyl groups is 1. The van der Waals surface area contributed by atoms with Gasteiger partial charge in [-0.1, -0.05) is 95.1 Å². The van der Waals surface area contributed by atoms with E-state index in [2.05, 4.69) is 59.7 Å². The van der Waals surface area contributed by atoms with E-state index in [-0.39, 0.29) is 173 Å². The third kappa shape index (κ3) is 59.0. The summed E-state index contributed by atoms with van der Waals surface area (Å²) in [4.78, 5) is 48.4. The van der Waals surface area contributed by atoms with Gasteiger partial charge in [0, 0.05) is 25.2 Å². The molecule has 0 atom stereocenters. The van der Waals surface area contributed by atoms with Crippen molar-refractivity contribution < 1.29 is 213 Å². The summed E-state index contributed by atoms with van der Waals surface area (Å²) >= 11 is 16.7. The fraction of sp³-hybridized carbons (Fsp3) is 0.506. The summed E-state index contributed by atoms with van der Waals surface area (Å²) in [6.45, 7) is 17.5. The first kappa shape index (κ1) is 119. The molecule has 0 spiro atoms. The zero-order chi connectivity index (χ0) is 88.5. The van der Waals surface area contributed by atoms with Crippen LogP contribution in [0.5, 0.6) is 23.0 Å². The van der Waals surface area contributed by atoms with Crippen LogP contribution in [0.1, 0.15) is 28.9 Å². The second-order valence-electron chi connectivity index (χ2n) is 24.5. The van der Waals surface area contributed by atoms with E-state index in [0.29, 0.717) is 193 Å². The molecule has 34 nitrogen and oxygen atoms in total. The van der Waals surface area contributed by atoms with Crippen molar-refractivity contribution >= 4 is 122 Å². The van der Waals surface area contributed by atoms with Gasteiger partial charge >= 0.3 is 92.0 Å². The molecule has 0 saturated heterocycles. The van der Waals surface area contributed by atoms with Crippen LogP contribution >= 0.6 is 54.9 Å². The summed E-state index contributed by atoms with van der Waals surface area (Å²) in [6, 6.07) is 40.1. The quantitative estimate of drug-likeness (QED) is 0.00924. The monoisotopic (exact) mass is 2060 g/mol. The number of nitrogens with two attached hydrogens (primary N) is 1. The SMILES string of the molecule is C.COC(=O)CBr.COC(=O)CN1CCOCCOCCOCCOc2cc(C=O)ccc21.COC(=O)CN1CCOCCOCCOCCOc2ccccc21.Cc1ccc(S(=O)(=O)OCCOCCOCCOCCOS(=O)(=O)c2ccc(C)cc2)cc1.Nc1ccccc1O.O=P(Cl)(Cl)Cl.[Cs+].[F-].c1ccc2c(c1)NCCOCCOCCOCCO2. The van der Waals surface area contributed by atoms with Gasteiger partial charge in [-0.3, -0.25) is 32.1 Å². The number of anilines is 4. The van der Waals surface area contributed by atoms with Crippen LogP contribution in [0.3, 0.4) is 0 Å². The summed E-state index contributed by atoms with van der Waals surface area (Å²) in [5, 5.41) is 9.15. The third-order valence-electron chi connectivity index (χ3n) is 15.5. The first-order valence-corrected chi connectivity index (χ1v) is 46.4. The Hall–Kier alpha value is -5.30. The number of hydrogen-bond donors (Lipinski definition) is 3. The molecule has 0 amide bonds. The molecular weight excluding hydrogens is 1940 g/mol. The maximum Gasteiger partial charge on any atom is 1.00 e. The van der Waals surface area contributed by atoms with Crippen LogP contribution in [0, 0.1) is 13.8 Å². The number of nitrogen functional groups attached to an aromatic ring is 1. The number of ether oxygens (including phenoxy) is 18. The Morgan fingerprint density at radius 3 is 1.19 bits per heavy atom. The van der Waals surface area contributed by atoms with Crippen LogP contribution in [-0.4, -0.2) is 297 Å². The Kier molecular flexibility index (Phi) is 71.3. The first-order chi connectivity index (χ1) is 58.3. The molecule has 43 heteroatoms. The number of carbonyl (C=O) groups excluding carboxylic acids is 4. The Morgan fingerprint density at radius 1 is 0.476 bits per heavy atom. The maximum atomic E-state index is 12.0. The van der Waals surface area contributed by atoms with Crippen molar-refractivity contribution in [1.29, 1.82) is 0 Å². The third-order valence-corrected chi connectivity index (χ3v) is 18.6. The van der Waals surface area contributed by atoms with Crippen molar-refractivity contribution in [2.75, 3.05) is 272 Å². The van der Waals surface area contributed by atoms with Crippen LogP contribution in [0.15, 0.2) is 149 Å². The largest absolute Gasteiger partial charge is 1.00 e. The van der Waals surface area contributed by atoms with Gasteiger partial charge in [-0.2, -0.15) is 16.8 Å². The van der Waals surface area contributed by atoms with Crippen molar-refractivity contribution in [3.05, 3.63) is 156 Å². The van der Waals surface area contributed by atoms with Gasteiger partial charge in [0.2, 0.25) is 0 Å². The van der Waals surface area contributed by atoms with Crippen molar-refractivity contribution in [2.24, 2.45) is 0 Å². The summed E-state index contributed by atoms with van der Waals surface area (Å²) in [7, 11) is -3.51. The maximum absolute atomic E-state index is 12.0. The number of esters is 3. The van der Waals surface area contributed by atoms with Gasteiger partial charge in [0.1, 0.15) is 67.5 Å². The molecule has 3 heterocycles. The number of methoxy groups -OCH3 is 3. The number of hydrogen-bond acceptors (Lipinski definition) is 34. The van der Waals surface area contributed by atoms with E-state index >= 15 is 0 Å². The Morgan fingerprint density at radius 2 is 0.815 bits per heavy atom. The van der Waals surface area contributed by atoms with Gasteiger partial charge in [-0.05, 0) is 126 Å². The van der Waals surface area contributed by atoms with E-state index in [9.17, 15) is 40.6 Å².